The Morgan fingerprint density at radius 3 is 2.50 bits per heavy atom. The molecule has 8 nitrogen and oxygen atoms in total. The van der Waals surface area contributed by atoms with Crippen molar-refractivity contribution in [2.75, 3.05) is 6.61 Å². The van der Waals surface area contributed by atoms with E-state index in [0.29, 0.717) is 0 Å². The van der Waals surface area contributed by atoms with Gasteiger partial charge in [-0.15, -0.1) is 0 Å². The van der Waals surface area contributed by atoms with E-state index in [0.717, 1.165) is 24.3 Å². The molecule has 1 aromatic carbocycles. The maximum atomic E-state index is 13.0. The van der Waals surface area contributed by atoms with E-state index in [4.69, 9.17) is 4.84 Å². The monoisotopic (exact) mass is 386 g/mol. The Labute approximate surface area is 150 Å². The van der Waals surface area contributed by atoms with E-state index in [2.05, 4.69) is 4.72 Å². The maximum Gasteiger partial charge on any atom is 0.311 e. The van der Waals surface area contributed by atoms with Gasteiger partial charge in [0, 0.05) is 6.42 Å². The van der Waals surface area contributed by atoms with Crippen LogP contribution in [0.3, 0.4) is 0 Å². The average molecular weight is 386 g/mol. The van der Waals surface area contributed by atoms with Crippen molar-refractivity contribution in [3.63, 3.8) is 0 Å². The molecule has 1 aliphatic heterocycles. The van der Waals surface area contributed by atoms with Crippen LogP contribution in [0.2, 0.25) is 0 Å². The SMILES string of the molecule is CC(C)C(NS(=O)(=O)c1ccc(F)cc1)C(=O)CC1CONC(=O)C1=O. The van der Waals surface area contributed by atoms with Crippen LogP contribution in [0, 0.1) is 17.7 Å². The molecular formula is C16H19FN2O6S. The van der Waals surface area contributed by atoms with Crippen LogP contribution in [-0.4, -0.2) is 38.5 Å². The van der Waals surface area contributed by atoms with E-state index < -0.39 is 51.2 Å². The number of benzene rings is 1. The molecule has 26 heavy (non-hydrogen) atoms. The summed E-state index contributed by atoms with van der Waals surface area (Å²) in [5.41, 5.74) is 1.91. The largest absolute Gasteiger partial charge is 0.311 e. The standard InChI is InChI=1S/C16H19FN2O6S/c1-9(2)14(13(20)7-10-8-25-18-16(22)15(10)21)19-26(23,24)12-5-3-11(17)4-6-12/h3-6,9-10,14,19H,7-8H2,1-2H3,(H,18,22). The third-order valence-electron chi connectivity index (χ3n) is 3.91. The second-order valence-electron chi connectivity index (χ2n) is 6.27. The number of amides is 1. The van der Waals surface area contributed by atoms with E-state index in [1.54, 1.807) is 13.8 Å². The summed E-state index contributed by atoms with van der Waals surface area (Å²) in [5.74, 6) is -4.23. The van der Waals surface area contributed by atoms with E-state index in [1.807, 2.05) is 5.48 Å². The number of hydrogen-bond acceptors (Lipinski definition) is 6. The van der Waals surface area contributed by atoms with Gasteiger partial charge in [0.1, 0.15) is 5.82 Å². The molecule has 1 fully saturated rings. The number of Topliss-reactive ketones (excluding diaryl/α,β-unsaturated/α-hetero) is 2. The minimum absolute atomic E-state index is 0.161. The minimum Gasteiger partial charge on any atom is -0.298 e. The molecule has 2 atom stereocenters. The summed E-state index contributed by atoms with van der Waals surface area (Å²) in [7, 11) is -4.06. The fraction of sp³-hybridized carbons (Fsp3) is 0.438. The van der Waals surface area contributed by atoms with Crippen LogP contribution in [-0.2, 0) is 29.2 Å². The van der Waals surface area contributed by atoms with Crippen molar-refractivity contribution in [3.8, 4) is 0 Å². The highest BCUT2D eigenvalue weighted by atomic mass is 32.2. The van der Waals surface area contributed by atoms with Crippen LogP contribution < -0.4 is 10.2 Å². The van der Waals surface area contributed by atoms with E-state index in [1.165, 1.54) is 0 Å². The summed E-state index contributed by atoms with van der Waals surface area (Å²) in [6.45, 7) is 3.12. The van der Waals surface area contributed by atoms with Crippen molar-refractivity contribution in [1.82, 2.24) is 10.2 Å². The molecule has 0 bridgehead atoms. The fourth-order valence-electron chi connectivity index (χ4n) is 2.46. The third-order valence-corrected chi connectivity index (χ3v) is 5.37. The van der Waals surface area contributed by atoms with E-state index in [9.17, 15) is 27.2 Å². The van der Waals surface area contributed by atoms with Crippen molar-refractivity contribution < 1.29 is 32.0 Å². The number of ketones is 2. The van der Waals surface area contributed by atoms with Gasteiger partial charge in [-0.05, 0) is 30.2 Å². The van der Waals surface area contributed by atoms with Gasteiger partial charge in [-0.1, -0.05) is 13.8 Å². The molecule has 0 aliphatic carbocycles. The lowest BCUT2D eigenvalue weighted by molar-refractivity contribution is -0.158. The highest BCUT2D eigenvalue weighted by Crippen LogP contribution is 2.17. The first-order chi connectivity index (χ1) is 12.1. The number of sulfonamides is 1. The van der Waals surface area contributed by atoms with Crippen molar-refractivity contribution >= 4 is 27.5 Å². The summed E-state index contributed by atoms with van der Waals surface area (Å²) in [6, 6.07) is 3.06. The van der Waals surface area contributed by atoms with Gasteiger partial charge < -0.3 is 0 Å². The van der Waals surface area contributed by atoms with Gasteiger partial charge in [-0.3, -0.25) is 19.2 Å². The molecule has 2 unspecified atom stereocenters. The van der Waals surface area contributed by atoms with Crippen molar-refractivity contribution in [2.24, 2.45) is 11.8 Å². The van der Waals surface area contributed by atoms with Gasteiger partial charge in [0.15, 0.2) is 5.78 Å². The zero-order chi connectivity index (χ0) is 19.5. The molecule has 1 saturated heterocycles. The first-order valence-corrected chi connectivity index (χ1v) is 9.36. The van der Waals surface area contributed by atoms with Crippen molar-refractivity contribution in [1.29, 1.82) is 0 Å². The first-order valence-electron chi connectivity index (χ1n) is 7.88. The Kier molecular flexibility index (Phi) is 6.21. The van der Waals surface area contributed by atoms with Gasteiger partial charge in [-0.2, -0.15) is 0 Å². The third kappa shape index (κ3) is 4.71. The lowest BCUT2D eigenvalue weighted by Gasteiger charge is -2.24. The Balaban J connectivity index is 2.15. The number of hydrogen-bond donors (Lipinski definition) is 2. The fourth-order valence-corrected chi connectivity index (χ4v) is 3.83. The summed E-state index contributed by atoms with van der Waals surface area (Å²) in [5, 5.41) is 0. The number of hydroxylamine groups is 1. The molecule has 2 rings (SSSR count). The Morgan fingerprint density at radius 1 is 1.31 bits per heavy atom. The van der Waals surface area contributed by atoms with Crippen LogP contribution in [0.15, 0.2) is 29.2 Å². The first kappa shape index (κ1) is 20.1. The highest BCUT2D eigenvalue weighted by molar-refractivity contribution is 7.89. The molecule has 0 saturated carbocycles. The molecule has 0 spiro atoms. The molecule has 2 N–H and O–H groups in total. The Bertz CT molecular complexity index is 807. The summed E-state index contributed by atoms with van der Waals surface area (Å²) >= 11 is 0. The molecule has 1 amide bonds. The lowest BCUT2D eigenvalue weighted by atomic mass is 9.91. The van der Waals surface area contributed by atoms with Gasteiger partial charge in [-0.25, -0.2) is 23.0 Å². The Hall–Kier alpha value is -2.17. The highest BCUT2D eigenvalue weighted by Gasteiger charge is 2.36. The smallest absolute Gasteiger partial charge is 0.298 e. The van der Waals surface area contributed by atoms with Crippen LogP contribution in [0.1, 0.15) is 20.3 Å². The lowest BCUT2D eigenvalue weighted by Crippen LogP contribution is -2.48. The van der Waals surface area contributed by atoms with Crippen LogP contribution in [0.25, 0.3) is 0 Å². The number of carbonyl (C=O) groups is 3. The molecular weight excluding hydrogens is 367 g/mol. The summed E-state index contributed by atoms with van der Waals surface area (Å²) < 4.78 is 40.1. The van der Waals surface area contributed by atoms with Crippen LogP contribution in [0.4, 0.5) is 4.39 Å². The summed E-state index contributed by atoms with van der Waals surface area (Å²) in [4.78, 5) is 40.2. The minimum atomic E-state index is -4.06. The zero-order valence-corrected chi connectivity index (χ0v) is 15.0. The van der Waals surface area contributed by atoms with E-state index >= 15 is 0 Å². The zero-order valence-electron chi connectivity index (χ0n) is 14.2. The number of carbonyl (C=O) groups excluding carboxylic acids is 3. The van der Waals surface area contributed by atoms with Gasteiger partial charge in [0.05, 0.1) is 23.5 Å². The Morgan fingerprint density at radius 2 is 1.92 bits per heavy atom. The van der Waals surface area contributed by atoms with Gasteiger partial charge >= 0.3 is 5.91 Å². The second kappa shape index (κ2) is 8.02. The molecule has 1 heterocycles. The van der Waals surface area contributed by atoms with Crippen molar-refractivity contribution in [2.45, 2.75) is 31.2 Å². The van der Waals surface area contributed by atoms with E-state index in [-0.39, 0.29) is 17.9 Å². The molecule has 10 heteroatoms. The quantitative estimate of drug-likeness (QED) is 0.652. The summed E-state index contributed by atoms with van der Waals surface area (Å²) in [6.07, 6.45) is -0.332. The molecule has 0 aromatic heterocycles. The average Bonchev–Trinajstić information content (AvgIpc) is 2.57. The normalized spacial score (nSPS) is 19.3. The molecule has 142 valence electrons. The molecule has 1 aromatic rings. The van der Waals surface area contributed by atoms with Crippen LogP contribution >= 0.6 is 0 Å². The predicted octanol–water partition coefficient (Wildman–Crippen LogP) is 0.334. The molecule has 0 radical (unpaired) electrons. The number of nitrogens with one attached hydrogen (secondary N) is 2. The van der Waals surface area contributed by atoms with Crippen LogP contribution in [0.5, 0.6) is 0 Å². The number of halogens is 1. The topological polar surface area (TPSA) is 119 Å². The van der Waals surface area contributed by atoms with Gasteiger partial charge in [0.2, 0.25) is 15.8 Å². The van der Waals surface area contributed by atoms with Gasteiger partial charge in [0.25, 0.3) is 0 Å². The maximum absolute atomic E-state index is 13.0. The predicted molar refractivity (Wildman–Crippen MR) is 87.6 cm³/mol. The second-order valence-corrected chi connectivity index (χ2v) is 7.98. The molecule has 1 aliphatic rings. The van der Waals surface area contributed by atoms with Crippen molar-refractivity contribution in [3.05, 3.63) is 30.1 Å². The number of rotatable bonds is 7.